The van der Waals surface area contributed by atoms with Gasteiger partial charge in [-0.1, -0.05) is 228 Å². The average molecular weight is 1020 g/mol. The molecule has 6 aromatic rings. The van der Waals surface area contributed by atoms with Crippen LogP contribution in [0.2, 0.25) is 0 Å². The molecule has 402 valence electrons. The highest BCUT2D eigenvalue weighted by Crippen LogP contribution is 2.51. The van der Waals surface area contributed by atoms with E-state index in [1.165, 1.54) is 38.9 Å². The summed E-state index contributed by atoms with van der Waals surface area (Å²) in [6.07, 6.45) is 0. The second kappa shape index (κ2) is 20.3. The van der Waals surface area contributed by atoms with Crippen molar-refractivity contribution < 1.29 is 28.6 Å². The largest absolute Gasteiger partial charge is 0.425 e. The van der Waals surface area contributed by atoms with Crippen molar-refractivity contribution in [2.75, 3.05) is 0 Å². The van der Waals surface area contributed by atoms with E-state index in [4.69, 9.17) is 14.2 Å². The lowest BCUT2D eigenvalue weighted by Gasteiger charge is -2.27. The molecule has 0 fully saturated rings. The zero-order valence-corrected chi connectivity index (χ0v) is 50.0. The molecule has 0 bridgehead atoms. The van der Waals surface area contributed by atoms with Gasteiger partial charge in [0.1, 0.15) is 35.0 Å². The molecule has 6 nitrogen and oxygen atoms in total. The molecule has 3 heterocycles. The average Bonchev–Trinajstić information content (AvgIpc) is 3.94. The van der Waals surface area contributed by atoms with Gasteiger partial charge >= 0.3 is 17.9 Å². The van der Waals surface area contributed by atoms with E-state index in [-0.39, 0.29) is 68.2 Å². The maximum Gasteiger partial charge on any atom is 0.323 e. The summed E-state index contributed by atoms with van der Waals surface area (Å²) in [6.45, 7) is 47.8. The first-order valence-electron chi connectivity index (χ1n) is 27.3. The Kier molecular flexibility index (Phi) is 15.3. The second-order valence-corrected chi connectivity index (χ2v) is 27.9. The highest BCUT2D eigenvalue weighted by atomic mass is 16.6. The lowest BCUT2D eigenvalue weighted by molar-refractivity contribution is -0.134. The lowest BCUT2D eigenvalue weighted by atomic mass is 9.77. The Morgan fingerprint density at radius 2 is 0.684 bits per heavy atom. The molecule has 3 atom stereocenters. The van der Waals surface area contributed by atoms with Crippen LogP contribution >= 0.6 is 0 Å². The Hall–Kier alpha value is -6.27. The minimum atomic E-state index is -0.340. The number of ether oxygens (including phenoxy) is 3. The molecule has 76 heavy (non-hydrogen) atoms. The Morgan fingerprint density at radius 1 is 0.316 bits per heavy atom. The van der Waals surface area contributed by atoms with Crippen LogP contribution in [0.5, 0.6) is 17.2 Å². The Morgan fingerprint density at radius 3 is 1.05 bits per heavy atom. The lowest BCUT2D eigenvalue weighted by Crippen LogP contribution is -2.17. The summed E-state index contributed by atoms with van der Waals surface area (Å²) in [5.74, 6) is 0.776. The van der Waals surface area contributed by atoms with Crippen LogP contribution in [0.15, 0.2) is 103 Å². The van der Waals surface area contributed by atoms with E-state index in [1.54, 1.807) is 0 Å². The molecule has 3 aliphatic rings. The zero-order valence-electron chi connectivity index (χ0n) is 50.0. The summed E-state index contributed by atoms with van der Waals surface area (Å²) in [5, 5.41) is 0. The van der Waals surface area contributed by atoms with Crippen LogP contribution < -0.4 is 14.2 Å². The number of aryl methyl sites for hydroxylation is 3. The fraction of sp³-hybridized carbons (Fsp3) is 0.443. The van der Waals surface area contributed by atoms with Gasteiger partial charge in [-0.05, 0) is 116 Å². The Labute approximate surface area is 456 Å². The van der Waals surface area contributed by atoms with Crippen LogP contribution in [0, 0.1) is 27.7 Å². The van der Waals surface area contributed by atoms with E-state index in [0.717, 1.165) is 67.3 Å². The Balaban J connectivity index is 0.000000166. The number of carbonyl (C=O) groups is 3. The zero-order chi connectivity index (χ0) is 56.6. The van der Waals surface area contributed by atoms with E-state index in [1.807, 2.05) is 36.4 Å². The molecule has 0 N–H and O–H groups in total. The highest BCUT2D eigenvalue weighted by Gasteiger charge is 2.43. The van der Waals surface area contributed by atoms with Gasteiger partial charge < -0.3 is 14.2 Å². The van der Waals surface area contributed by atoms with Crippen molar-refractivity contribution in [1.82, 2.24) is 0 Å². The first kappa shape index (κ1) is 57.4. The van der Waals surface area contributed by atoms with E-state index in [9.17, 15) is 14.4 Å². The molecule has 0 spiro atoms. The topological polar surface area (TPSA) is 78.9 Å². The third kappa shape index (κ3) is 11.7. The predicted molar refractivity (Wildman–Crippen MR) is 312 cm³/mol. The van der Waals surface area contributed by atoms with Gasteiger partial charge in [-0.2, -0.15) is 0 Å². The number of benzene rings is 6. The minimum absolute atomic E-state index is 0.00681. The van der Waals surface area contributed by atoms with Gasteiger partial charge in [0.05, 0.1) is 0 Å². The summed E-state index contributed by atoms with van der Waals surface area (Å²) in [7, 11) is 0. The van der Waals surface area contributed by atoms with Crippen LogP contribution in [0.25, 0.3) is 0 Å². The first-order valence-corrected chi connectivity index (χ1v) is 27.3. The van der Waals surface area contributed by atoms with Crippen molar-refractivity contribution in [3.63, 3.8) is 0 Å². The fourth-order valence-corrected chi connectivity index (χ4v) is 10.4. The first-order chi connectivity index (χ1) is 34.9. The summed E-state index contributed by atoms with van der Waals surface area (Å²) >= 11 is 0. The second-order valence-electron chi connectivity index (χ2n) is 27.9. The molecule has 0 aliphatic carbocycles. The van der Waals surface area contributed by atoms with Crippen molar-refractivity contribution in [3.05, 3.63) is 192 Å². The van der Waals surface area contributed by atoms with Gasteiger partial charge in [-0.3, -0.25) is 14.4 Å². The van der Waals surface area contributed by atoms with Gasteiger partial charge in [0, 0.05) is 33.4 Å². The van der Waals surface area contributed by atoms with E-state index >= 15 is 0 Å². The van der Waals surface area contributed by atoms with Gasteiger partial charge in [-0.15, -0.1) is 0 Å². The molecule has 0 radical (unpaired) electrons. The maximum absolute atomic E-state index is 12.9. The van der Waals surface area contributed by atoms with Crippen LogP contribution in [-0.4, -0.2) is 17.9 Å². The normalized spacial score (nSPS) is 17.3. The van der Waals surface area contributed by atoms with Crippen molar-refractivity contribution in [2.24, 2.45) is 0 Å². The van der Waals surface area contributed by atoms with E-state index in [0.29, 0.717) is 0 Å². The van der Waals surface area contributed by atoms with Gasteiger partial charge in [0.15, 0.2) is 0 Å². The number of esters is 3. The summed E-state index contributed by atoms with van der Waals surface area (Å²) in [5.41, 5.74) is 17.7. The molecular formula is C70H86O6. The number of rotatable bonds is 3. The molecule has 6 aromatic carbocycles. The van der Waals surface area contributed by atoms with Gasteiger partial charge in [-0.25, -0.2) is 0 Å². The third-order valence-corrected chi connectivity index (χ3v) is 15.6. The quantitative estimate of drug-likeness (QED) is 0.130. The van der Waals surface area contributed by atoms with Crippen LogP contribution in [0.1, 0.15) is 231 Å². The van der Waals surface area contributed by atoms with Crippen molar-refractivity contribution in [2.45, 2.75) is 203 Å². The molecule has 0 aromatic heterocycles. The van der Waals surface area contributed by atoms with Crippen LogP contribution in [0.4, 0.5) is 0 Å². The summed E-state index contributed by atoms with van der Waals surface area (Å²) in [4.78, 5) is 38.4. The molecule has 3 aliphatic heterocycles. The summed E-state index contributed by atoms with van der Waals surface area (Å²) < 4.78 is 17.4. The van der Waals surface area contributed by atoms with Crippen molar-refractivity contribution in [3.8, 4) is 17.2 Å². The number of hydrogen-bond donors (Lipinski definition) is 0. The van der Waals surface area contributed by atoms with Gasteiger partial charge in [0.2, 0.25) is 0 Å². The molecule has 0 saturated heterocycles. The summed E-state index contributed by atoms with van der Waals surface area (Å²) in [6, 6.07) is 35.5. The van der Waals surface area contributed by atoms with Crippen molar-refractivity contribution >= 4 is 17.9 Å². The third-order valence-electron chi connectivity index (χ3n) is 15.6. The number of carbonyl (C=O) groups excluding carboxylic acids is 3. The number of fused-ring (bicyclic) bond motifs is 3. The van der Waals surface area contributed by atoms with Crippen molar-refractivity contribution in [1.29, 1.82) is 0 Å². The number of hydrogen-bond acceptors (Lipinski definition) is 6. The fourth-order valence-electron chi connectivity index (χ4n) is 10.4. The molecule has 0 amide bonds. The molecular weight excluding hydrogens is 937 g/mol. The molecule has 9 rings (SSSR count). The van der Waals surface area contributed by atoms with E-state index < -0.39 is 0 Å². The smallest absolute Gasteiger partial charge is 0.323 e. The monoisotopic (exact) mass is 1020 g/mol. The predicted octanol–water partition coefficient (Wildman–Crippen LogP) is 17.2. The highest BCUT2D eigenvalue weighted by molar-refractivity contribution is 5.92. The Bertz CT molecular complexity index is 3220. The van der Waals surface area contributed by atoms with E-state index in [2.05, 4.69) is 219 Å². The van der Waals surface area contributed by atoms with Gasteiger partial charge in [0.25, 0.3) is 0 Å². The SMILES string of the molecule is CC(C)(C)c1cc2c(c(C(C)(C)C)c1)OC(=O)C2c1ccccc1.Cc1ccc(C2C(=O)Oc3c2cc(C(C)(C)C)cc3C(C)(C)C)cc1C.Cc1cccc(C2C(=O)Oc3c2cc(C(C)(C)C)cc3C(C)(C)C)c1C. The van der Waals surface area contributed by atoms with Crippen LogP contribution in [-0.2, 0) is 46.9 Å². The molecule has 6 heteroatoms. The van der Waals surface area contributed by atoms with Crippen LogP contribution in [0.3, 0.4) is 0 Å². The minimum Gasteiger partial charge on any atom is -0.425 e. The maximum atomic E-state index is 12.9. The molecule has 3 unspecified atom stereocenters. The standard InChI is InChI=1S/2C24H30O2.C22H26O2/c1-14-9-10-16(11-15(14)2)20-18-12-17(23(3,4)5)13-19(24(6,7)8)21(18)26-22(20)25;1-14-10-9-11-17(15(14)2)20-18-12-16(23(3,4)5)13-19(24(6,7)8)21(18)26-22(20)25;1-21(2,3)15-12-16-18(14-10-8-7-9-11-14)20(23)24-19(16)17(13-15)22(4,5)6/h2*9-13,20H,1-8H3;7-13,18H,1-6H3. The molecule has 0 saturated carbocycles.